The van der Waals surface area contributed by atoms with Gasteiger partial charge in [-0.1, -0.05) is 0 Å². The van der Waals surface area contributed by atoms with Crippen molar-refractivity contribution in [2.45, 2.75) is 6.92 Å². The first-order valence-electron chi connectivity index (χ1n) is 5.89. The van der Waals surface area contributed by atoms with E-state index in [-0.39, 0.29) is 5.69 Å². The Hall–Kier alpha value is -2.68. The van der Waals surface area contributed by atoms with Crippen molar-refractivity contribution in [2.24, 2.45) is 0 Å². The highest BCUT2D eigenvalue weighted by Gasteiger charge is 2.14. The number of benzene rings is 1. The number of nitrogens with one attached hydrogen (secondary N) is 1. The van der Waals surface area contributed by atoms with E-state index >= 15 is 0 Å². The molecule has 0 atom stereocenters. The monoisotopic (exact) mass is 304 g/mol. The molecule has 0 spiro atoms. The van der Waals surface area contributed by atoms with Gasteiger partial charge >= 0.3 is 0 Å². The Morgan fingerprint density at radius 1 is 1.43 bits per heavy atom. The molecule has 2 heterocycles. The summed E-state index contributed by atoms with van der Waals surface area (Å²) in [7, 11) is 0. The summed E-state index contributed by atoms with van der Waals surface area (Å²) in [5.41, 5.74) is 2.77. The lowest BCUT2D eigenvalue weighted by molar-refractivity contribution is 0.102. The van der Waals surface area contributed by atoms with Gasteiger partial charge in [-0.05, 0) is 35.5 Å². The van der Waals surface area contributed by atoms with Crippen molar-refractivity contribution in [3.63, 3.8) is 0 Å². The molecule has 1 amide bonds. The van der Waals surface area contributed by atoms with Crippen LogP contribution in [0.4, 0.5) is 10.1 Å². The highest BCUT2D eigenvalue weighted by molar-refractivity contribution is 7.12. The average molecular weight is 304 g/mol. The Kier molecular flexibility index (Phi) is 3.40. The van der Waals surface area contributed by atoms with Crippen LogP contribution in [-0.2, 0) is 0 Å². The summed E-state index contributed by atoms with van der Waals surface area (Å²) in [5, 5.41) is 13.3. The summed E-state index contributed by atoms with van der Waals surface area (Å²) in [5.74, 6) is -0.940. The van der Waals surface area contributed by atoms with E-state index in [0.717, 1.165) is 0 Å². The lowest BCUT2D eigenvalue weighted by Crippen LogP contribution is -2.13. The van der Waals surface area contributed by atoms with Crippen LogP contribution in [0.15, 0.2) is 30.0 Å². The Morgan fingerprint density at radius 3 is 2.95 bits per heavy atom. The number of tetrazole rings is 1. The molecule has 0 bridgehead atoms. The quantitative estimate of drug-likeness (QED) is 0.797. The average Bonchev–Trinajstić information content (AvgIpc) is 3.12. The van der Waals surface area contributed by atoms with E-state index in [9.17, 15) is 9.18 Å². The van der Waals surface area contributed by atoms with Crippen molar-refractivity contribution in [3.8, 4) is 5.69 Å². The number of amides is 1. The molecule has 21 heavy (non-hydrogen) atoms. The van der Waals surface area contributed by atoms with Crippen LogP contribution >= 0.6 is 11.3 Å². The molecule has 9 heteroatoms. The van der Waals surface area contributed by atoms with Crippen LogP contribution in [0.2, 0.25) is 0 Å². The lowest BCUT2D eigenvalue weighted by atomic mass is 10.2. The van der Waals surface area contributed by atoms with Crippen molar-refractivity contribution >= 4 is 22.9 Å². The van der Waals surface area contributed by atoms with E-state index in [4.69, 9.17) is 0 Å². The van der Waals surface area contributed by atoms with Crippen LogP contribution in [0.1, 0.15) is 15.4 Å². The molecular weight excluding hydrogens is 295 g/mol. The lowest BCUT2D eigenvalue weighted by Gasteiger charge is -2.07. The van der Waals surface area contributed by atoms with E-state index in [1.165, 1.54) is 40.5 Å². The van der Waals surface area contributed by atoms with Gasteiger partial charge in [0.2, 0.25) is 0 Å². The number of hydrogen-bond donors (Lipinski definition) is 1. The van der Waals surface area contributed by atoms with Gasteiger partial charge in [-0.25, -0.2) is 14.1 Å². The van der Waals surface area contributed by atoms with Crippen LogP contribution in [0.25, 0.3) is 5.69 Å². The maximum absolute atomic E-state index is 13.8. The van der Waals surface area contributed by atoms with Gasteiger partial charge in [0, 0.05) is 0 Å². The normalized spacial score (nSPS) is 10.6. The number of rotatable bonds is 3. The fourth-order valence-electron chi connectivity index (χ4n) is 1.73. The van der Waals surface area contributed by atoms with E-state index in [0.29, 0.717) is 16.3 Å². The number of aromatic nitrogens is 5. The van der Waals surface area contributed by atoms with E-state index < -0.39 is 11.7 Å². The van der Waals surface area contributed by atoms with Gasteiger partial charge in [0.15, 0.2) is 0 Å². The fraction of sp³-hybridized carbons (Fsp3) is 0.0833. The second-order valence-electron chi connectivity index (χ2n) is 4.14. The third kappa shape index (κ3) is 2.63. The Morgan fingerprint density at radius 2 is 2.29 bits per heavy atom. The van der Waals surface area contributed by atoms with Crippen LogP contribution in [0.5, 0.6) is 0 Å². The highest BCUT2D eigenvalue weighted by atomic mass is 32.1. The van der Waals surface area contributed by atoms with Gasteiger partial charge < -0.3 is 5.32 Å². The minimum absolute atomic E-state index is 0.0563. The molecular formula is C12H9FN6OS. The number of nitrogens with zero attached hydrogens (tertiary/aromatic N) is 5. The highest BCUT2D eigenvalue weighted by Crippen LogP contribution is 2.20. The fourth-order valence-corrected chi connectivity index (χ4v) is 2.43. The van der Waals surface area contributed by atoms with Gasteiger partial charge in [0.05, 0.1) is 22.6 Å². The largest absolute Gasteiger partial charge is 0.319 e. The predicted octanol–water partition coefficient (Wildman–Crippen LogP) is 1.82. The molecule has 0 fully saturated rings. The molecule has 3 rings (SSSR count). The number of halogens is 1. The second kappa shape index (κ2) is 5.37. The van der Waals surface area contributed by atoms with Crippen LogP contribution in [-0.4, -0.2) is 31.1 Å². The van der Waals surface area contributed by atoms with Crippen molar-refractivity contribution in [1.29, 1.82) is 0 Å². The van der Waals surface area contributed by atoms with Crippen LogP contribution < -0.4 is 5.32 Å². The van der Waals surface area contributed by atoms with Crippen molar-refractivity contribution < 1.29 is 9.18 Å². The summed E-state index contributed by atoms with van der Waals surface area (Å²) < 4.78 is 15.2. The summed E-state index contributed by atoms with van der Waals surface area (Å²) in [4.78, 5) is 16.5. The summed E-state index contributed by atoms with van der Waals surface area (Å²) in [6.45, 7) is 1.72. The Bertz CT molecular complexity index is 785. The van der Waals surface area contributed by atoms with Gasteiger partial charge in [-0.3, -0.25) is 4.79 Å². The molecule has 0 unspecified atom stereocenters. The topological polar surface area (TPSA) is 85.6 Å². The van der Waals surface area contributed by atoms with E-state index in [1.807, 2.05) is 0 Å². The van der Waals surface area contributed by atoms with E-state index in [2.05, 4.69) is 25.8 Å². The smallest absolute Gasteiger partial charge is 0.267 e. The van der Waals surface area contributed by atoms with Gasteiger partial charge in [0.25, 0.3) is 5.91 Å². The van der Waals surface area contributed by atoms with Crippen molar-refractivity contribution in [1.82, 2.24) is 25.2 Å². The molecule has 0 aliphatic carbocycles. The predicted molar refractivity (Wildman–Crippen MR) is 73.9 cm³/mol. The molecule has 0 radical (unpaired) electrons. The number of hydrogen-bond acceptors (Lipinski definition) is 6. The molecule has 106 valence electrons. The number of carbonyl (C=O) groups excluding carboxylic acids is 1. The summed E-state index contributed by atoms with van der Waals surface area (Å²) in [6, 6.07) is 4.21. The minimum Gasteiger partial charge on any atom is -0.319 e. The van der Waals surface area contributed by atoms with Crippen molar-refractivity contribution in [2.75, 3.05) is 5.32 Å². The maximum Gasteiger partial charge on any atom is 0.267 e. The molecule has 2 aromatic heterocycles. The zero-order valence-corrected chi connectivity index (χ0v) is 11.6. The first-order valence-corrected chi connectivity index (χ1v) is 6.77. The number of anilines is 1. The molecule has 0 saturated carbocycles. The van der Waals surface area contributed by atoms with Crippen LogP contribution in [0, 0.1) is 12.7 Å². The minimum atomic E-state index is -0.539. The first kappa shape index (κ1) is 13.3. The zero-order chi connectivity index (χ0) is 14.8. The van der Waals surface area contributed by atoms with Gasteiger partial charge in [-0.2, -0.15) is 0 Å². The molecule has 7 nitrogen and oxygen atoms in total. The second-order valence-corrected chi connectivity index (χ2v) is 4.99. The molecule has 0 saturated heterocycles. The van der Waals surface area contributed by atoms with Crippen LogP contribution in [0.3, 0.4) is 0 Å². The molecule has 3 aromatic rings. The number of thiazole rings is 1. The van der Waals surface area contributed by atoms with E-state index in [1.54, 1.807) is 12.4 Å². The summed E-state index contributed by atoms with van der Waals surface area (Å²) in [6.07, 6.45) is 1.38. The third-order valence-corrected chi connectivity index (χ3v) is 3.69. The Balaban J connectivity index is 1.90. The third-order valence-electron chi connectivity index (χ3n) is 2.76. The SMILES string of the molecule is Cc1ncsc1C(=O)Nc1cc(-n2cnnn2)ccc1F. The molecule has 0 aliphatic heterocycles. The summed E-state index contributed by atoms with van der Waals surface area (Å²) >= 11 is 1.20. The van der Waals surface area contributed by atoms with Gasteiger partial charge in [-0.15, -0.1) is 16.4 Å². The van der Waals surface area contributed by atoms with Gasteiger partial charge in [0.1, 0.15) is 17.0 Å². The number of carbonyl (C=O) groups is 1. The maximum atomic E-state index is 13.8. The Labute approximate surface area is 122 Å². The number of aryl methyl sites for hydroxylation is 1. The molecule has 1 aromatic carbocycles. The van der Waals surface area contributed by atoms with Crippen molar-refractivity contribution in [3.05, 3.63) is 46.4 Å². The molecule has 0 aliphatic rings. The zero-order valence-electron chi connectivity index (χ0n) is 10.8. The standard InChI is InChI=1S/C12H9FN6OS/c1-7-11(21-6-14-7)12(20)16-10-4-8(2-3-9(10)13)19-5-15-17-18-19/h2-6H,1H3,(H,16,20). The first-order chi connectivity index (χ1) is 10.1. The molecule has 1 N–H and O–H groups in total.